The molecule has 2 heterocycles. The quantitative estimate of drug-likeness (QED) is 0.894. The first-order valence-corrected chi connectivity index (χ1v) is 8.73. The Balaban J connectivity index is 1.60. The second kappa shape index (κ2) is 5.10. The Bertz CT molecular complexity index is 522. The summed E-state index contributed by atoms with van der Waals surface area (Å²) in [6, 6.07) is 11.1. The molecule has 1 N–H and O–H groups in total. The molecule has 4 rings (SSSR count). The van der Waals surface area contributed by atoms with E-state index >= 15 is 0 Å². The third-order valence-electron chi connectivity index (χ3n) is 6.17. The second-order valence-electron chi connectivity index (χ2n) is 7.93. The average Bonchev–Trinajstić information content (AvgIpc) is 3.06. The first-order chi connectivity index (χ1) is 10.1. The van der Waals surface area contributed by atoms with Crippen molar-refractivity contribution in [1.82, 2.24) is 10.2 Å². The van der Waals surface area contributed by atoms with Gasteiger partial charge in [-0.05, 0) is 55.2 Å². The van der Waals surface area contributed by atoms with E-state index < -0.39 is 0 Å². The minimum absolute atomic E-state index is 0.361. The molecule has 3 unspecified atom stereocenters. The molecule has 0 saturated carbocycles. The predicted molar refractivity (Wildman–Crippen MR) is 87.4 cm³/mol. The highest BCUT2D eigenvalue weighted by molar-refractivity contribution is 5.34. The fourth-order valence-electron chi connectivity index (χ4n) is 4.87. The van der Waals surface area contributed by atoms with Gasteiger partial charge in [0.1, 0.15) is 0 Å². The van der Waals surface area contributed by atoms with E-state index in [-0.39, 0.29) is 0 Å². The molecule has 21 heavy (non-hydrogen) atoms. The third kappa shape index (κ3) is 2.33. The van der Waals surface area contributed by atoms with Gasteiger partial charge in [-0.15, -0.1) is 0 Å². The minimum Gasteiger partial charge on any atom is -0.305 e. The molecule has 2 fully saturated rings. The summed E-state index contributed by atoms with van der Waals surface area (Å²) >= 11 is 0. The van der Waals surface area contributed by atoms with Crippen LogP contribution in [0, 0.1) is 5.41 Å². The summed E-state index contributed by atoms with van der Waals surface area (Å²) in [5, 5.41) is 4.09. The summed E-state index contributed by atoms with van der Waals surface area (Å²) in [6.45, 7) is 7.52. The Kier molecular flexibility index (Phi) is 3.35. The van der Waals surface area contributed by atoms with E-state index in [9.17, 15) is 0 Å². The van der Waals surface area contributed by atoms with E-state index in [0.29, 0.717) is 17.5 Å². The van der Waals surface area contributed by atoms with Crippen molar-refractivity contribution in [2.45, 2.75) is 64.1 Å². The normalized spacial score (nSPS) is 34.7. The number of fused-ring (bicyclic) bond motifs is 2. The molecule has 3 aliphatic rings. The molecule has 114 valence electrons. The SMILES string of the molecule is CC1(C)CCc2ccccc2C1NC1CCN2CCCC12. The van der Waals surface area contributed by atoms with E-state index in [1.807, 2.05) is 0 Å². The van der Waals surface area contributed by atoms with Crippen molar-refractivity contribution < 1.29 is 0 Å². The van der Waals surface area contributed by atoms with Gasteiger partial charge < -0.3 is 5.32 Å². The first-order valence-electron chi connectivity index (χ1n) is 8.73. The van der Waals surface area contributed by atoms with E-state index in [0.717, 1.165) is 6.04 Å². The number of hydrogen-bond acceptors (Lipinski definition) is 2. The Morgan fingerprint density at radius 2 is 2.00 bits per heavy atom. The van der Waals surface area contributed by atoms with E-state index in [2.05, 4.69) is 48.3 Å². The van der Waals surface area contributed by atoms with Crippen molar-refractivity contribution in [3.05, 3.63) is 35.4 Å². The van der Waals surface area contributed by atoms with E-state index in [1.165, 1.54) is 45.2 Å². The summed E-state index contributed by atoms with van der Waals surface area (Å²) in [5.74, 6) is 0. The summed E-state index contributed by atoms with van der Waals surface area (Å²) in [4.78, 5) is 2.71. The molecule has 1 aromatic carbocycles. The van der Waals surface area contributed by atoms with Crippen LogP contribution in [0.3, 0.4) is 0 Å². The van der Waals surface area contributed by atoms with Gasteiger partial charge in [-0.1, -0.05) is 38.1 Å². The fourth-order valence-corrected chi connectivity index (χ4v) is 4.87. The molecule has 0 aromatic heterocycles. The number of aryl methyl sites for hydroxylation is 1. The maximum absolute atomic E-state index is 4.09. The van der Waals surface area contributed by atoms with Crippen LogP contribution in [0.25, 0.3) is 0 Å². The van der Waals surface area contributed by atoms with Crippen LogP contribution < -0.4 is 5.32 Å². The molecular weight excluding hydrogens is 256 g/mol. The smallest absolute Gasteiger partial charge is 0.0377 e. The number of nitrogens with zero attached hydrogens (tertiary/aromatic N) is 1. The van der Waals surface area contributed by atoms with Gasteiger partial charge in [-0.25, -0.2) is 0 Å². The zero-order valence-electron chi connectivity index (χ0n) is 13.4. The highest BCUT2D eigenvalue weighted by atomic mass is 15.2. The lowest BCUT2D eigenvalue weighted by molar-refractivity contribution is 0.181. The number of hydrogen-bond donors (Lipinski definition) is 1. The summed E-state index contributed by atoms with van der Waals surface area (Å²) < 4.78 is 0. The van der Waals surface area contributed by atoms with Crippen molar-refractivity contribution >= 4 is 0 Å². The van der Waals surface area contributed by atoms with Crippen molar-refractivity contribution in [1.29, 1.82) is 0 Å². The lowest BCUT2D eigenvalue weighted by atomic mass is 9.70. The van der Waals surface area contributed by atoms with Gasteiger partial charge in [-0.2, -0.15) is 0 Å². The number of nitrogens with one attached hydrogen (secondary N) is 1. The van der Waals surface area contributed by atoms with E-state index in [1.54, 1.807) is 11.1 Å². The van der Waals surface area contributed by atoms with Gasteiger partial charge in [0.05, 0.1) is 0 Å². The molecule has 0 radical (unpaired) electrons. The van der Waals surface area contributed by atoms with Crippen molar-refractivity contribution in [3.63, 3.8) is 0 Å². The van der Waals surface area contributed by atoms with Gasteiger partial charge in [0.25, 0.3) is 0 Å². The Labute approximate surface area is 128 Å². The van der Waals surface area contributed by atoms with Crippen LogP contribution >= 0.6 is 0 Å². The van der Waals surface area contributed by atoms with Gasteiger partial charge >= 0.3 is 0 Å². The highest BCUT2D eigenvalue weighted by Gasteiger charge is 2.42. The second-order valence-corrected chi connectivity index (χ2v) is 7.93. The van der Waals surface area contributed by atoms with Crippen molar-refractivity contribution in [3.8, 4) is 0 Å². The lowest BCUT2D eigenvalue weighted by Gasteiger charge is -2.43. The maximum atomic E-state index is 4.09. The highest BCUT2D eigenvalue weighted by Crippen LogP contribution is 2.44. The van der Waals surface area contributed by atoms with Crippen molar-refractivity contribution in [2.24, 2.45) is 5.41 Å². The molecule has 0 bridgehead atoms. The van der Waals surface area contributed by atoms with Crippen LogP contribution in [0.4, 0.5) is 0 Å². The van der Waals surface area contributed by atoms with Gasteiger partial charge in [0, 0.05) is 24.7 Å². The zero-order chi connectivity index (χ0) is 14.4. The zero-order valence-corrected chi connectivity index (χ0v) is 13.4. The largest absolute Gasteiger partial charge is 0.305 e. The van der Waals surface area contributed by atoms with Crippen LogP contribution in [0.1, 0.15) is 56.7 Å². The molecule has 0 amide bonds. The Hall–Kier alpha value is -0.860. The third-order valence-corrected chi connectivity index (χ3v) is 6.17. The average molecular weight is 284 g/mol. The van der Waals surface area contributed by atoms with Crippen LogP contribution in [-0.4, -0.2) is 30.1 Å². The molecule has 1 aromatic rings. The standard InChI is InChI=1S/C19H28N2/c1-19(2)11-9-14-6-3-4-7-15(14)18(19)20-16-10-13-21-12-5-8-17(16)21/h3-4,6-7,16-18,20H,5,8-13H2,1-2H3. The molecule has 3 atom stereocenters. The minimum atomic E-state index is 0.361. The molecular formula is C19H28N2. The predicted octanol–water partition coefficient (Wildman–Crippen LogP) is 3.53. The van der Waals surface area contributed by atoms with Crippen LogP contribution in [0.5, 0.6) is 0 Å². The van der Waals surface area contributed by atoms with Crippen LogP contribution in [0.15, 0.2) is 24.3 Å². The van der Waals surface area contributed by atoms with Crippen LogP contribution in [0.2, 0.25) is 0 Å². The molecule has 2 saturated heterocycles. The number of benzene rings is 1. The topological polar surface area (TPSA) is 15.3 Å². The summed E-state index contributed by atoms with van der Waals surface area (Å²) in [7, 11) is 0. The summed E-state index contributed by atoms with van der Waals surface area (Å²) in [5.41, 5.74) is 3.49. The molecule has 2 nitrogen and oxygen atoms in total. The molecule has 2 heteroatoms. The summed E-state index contributed by atoms with van der Waals surface area (Å²) in [6.07, 6.45) is 6.66. The molecule has 0 spiro atoms. The lowest BCUT2D eigenvalue weighted by Crippen LogP contribution is -2.47. The number of rotatable bonds is 2. The maximum Gasteiger partial charge on any atom is 0.0377 e. The first kappa shape index (κ1) is 13.8. The van der Waals surface area contributed by atoms with Gasteiger partial charge in [0.15, 0.2) is 0 Å². The van der Waals surface area contributed by atoms with E-state index in [4.69, 9.17) is 0 Å². The van der Waals surface area contributed by atoms with Gasteiger partial charge in [0.2, 0.25) is 0 Å². The Morgan fingerprint density at radius 3 is 2.90 bits per heavy atom. The monoisotopic (exact) mass is 284 g/mol. The molecule has 2 aliphatic heterocycles. The van der Waals surface area contributed by atoms with Crippen molar-refractivity contribution in [2.75, 3.05) is 13.1 Å². The van der Waals surface area contributed by atoms with Crippen LogP contribution in [-0.2, 0) is 6.42 Å². The molecule has 1 aliphatic carbocycles. The van der Waals surface area contributed by atoms with Gasteiger partial charge in [-0.3, -0.25) is 4.90 Å². The Morgan fingerprint density at radius 1 is 1.14 bits per heavy atom. The fraction of sp³-hybridized carbons (Fsp3) is 0.684.